The molecule has 2 aromatic rings. The third kappa shape index (κ3) is 8.94. The van der Waals surface area contributed by atoms with Crippen molar-refractivity contribution in [1.29, 1.82) is 5.41 Å². The Morgan fingerprint density at radius 3 is 2.16 bits per heavy atom. The summed E-state index contributed by atoms with van der Waals surface area (Å²) in [4.78, 5) is 0. The minimum Gasteiger partial charge on any atom is -0.445 e. The lowest BCUT2D eigenvalue weighted by Crippen LogP contribution is -2.61. The van der Waals surface area contributed by atoms with Gasteiger partial charge >= 0.3 is 0 Å². The standard InChI is InChI=1S/C25H28Cl3NO7S/c1-3-14-32-21-20(33-15-18-10-6-4-7-11-18)17(2)34-23(35-24(29)25(26,27)28)22(21)36-37(30,31)16-19-12-8-5-9-13-19/h3-13,17,20-23,29H,1,14-16H2,2H3/t17-,20-,21+,22+,23-/m1/s1. The normalized spacial score (nSPS) is 24.4. The Balaban J connectivity index is 1.91. The van der Waals surface area contributed by atoms with E-state index in [9.17, 15) is 8.42 Å². The molecule has 5 atom stereocenters. The average molecular weight is 593 g/mol. The summed E-state index contributed by atoms with van der Waals surface area (Å²) in [5.41, 5.74) is 1.40. The van der Waals surface area contributed by atoms with Crippen LogP contribution in [-0.4, -0.2) is 55.4 Å². The fraction of sp³-hybridized carbons (Fsp3) is 0.400. The molecule has 2 aromatic carbocycles. The van der Waals surface area contributed by atoms with Crippen molar-refractivity contribution in [2.45, 2.75) is 53.8 Å². The van der Waals surface area contributed by atoms with Gasteiger partial charge in [0.05, 0.1) is 19.3 Å². The molecule has 1 fully saturated rings. The Morgan fingerprint density at radius 1 is 1.00 bits per heavy atom. The van der Waals surface area contributed by atoms with Gasteiger partial charge in [0.1, 0.15) is 18.0 Å². The molecule has 0 radical (unpaired) electrons. The highest BCUT2D eigenvalue weighted by atomic mass is 35.6. The maximum absolute atomic E-state index is 13.1. The quantitative estimate of drug-likeness (QED) is 0.126. The third-order valence-electron chi connectivity index (χ3n) is 5.35. The van der Waals surface area contributed by atoms with Crippen LogP contribution in [0.15, 0.2) is 73.3 Å². The number of halogens is 3. The molecule has 0 bridgehead atoms. The van der Waals surface area contributed by atoms with Crippen LogP contribution in [-0.2, 0) is 45.6 Å². The number of hydrogen-bond donors (Lipinski definition) is 1. The van der Waals surface area contributed by atoms with Gasteiger partial charge in [-0.25, -0.2) is 0 Å². The number of rotatable bonds is 11. The molecule has 1 aliphatic heterocycles. The molecule has 1 heterocycles. The van der Waals surface area contributed by atoms with E-state index >= 15 is 0 Å². The second-order valence-electron chi connectivity index (χ2n) is 8.25. The lowest BCUT2D eigenvalue weighted by Gasteiger charge is -2.44. The molecule has 202 valence electrons. The van der Waals surface area contributed by atoms with Crippen molar-refractivity contribution in [2.24, 2.45) is 0 Å². The fourth-order valence-corrected chi connectivity index (χ4v) is 5.04. The van der Waals surface area contributed by atoms with E-state index in [2.05, 4.69) is 6.58 Å². The van der Waals surface area contributed by atoms with Crippen molar-refractivity contribution >= 4 is 50.8 Å². The Bertz CT molecular complexity index is 1130. The van der Waals surface area contributed by atoms with E-state index in [0.29, 0.717) is 5.56 Å². The van der Waals surface area contributed by atoms with Gasteiger partial charge in [-0.05, 0) is 18.1 Å². The van der Waals surface area contributed by atoms with Crippen LogP contribution in [0.4, 0.5) is 0 Å². The Hall–Kier alpha value is -1.69. The highest BCUT2D eigenvalue weighted by Gasteiger charge is 2.51. The first-order valence-corrected chi connectivity index (χ1v) is 14.0. The minimum atomic E-state index is -4.20. The second-order valence-corrected chi connectivity index (χ2v) is 12.1. The molecule has 0 aromatic heterocycles. The molecule has 1 N–H and O–H groups in total. The van der Waals surface area contributed by atoms with E-state index in [-0.39, 0.29) is 13.2 Å². The number of benzene rings is 2. The summed E-state index contributed by atoms with van der Waals surface area (Å²) in [6, 6.07) is 17.9. The van der Waals surface area contributed by atoms with Gasteiger partial charge in [-0.2, -0.15) is 8.42 Å². The van der Waals surface area contributed by atoms with Crippen molar-refractivity contribution in [3.05, 3.63) is 84.4 Å². The number of ether oxygens (including phenoxy) is 4. The highest BCUT2D eigenvalue weighted by molar-refractivity contribution is 7.85. The molecule has 0 aliphatic carbocycles. The zero-order chi connectivity index (χ0) is 27.1. The van der Waals surface area contributed by atoms with E-state index in [1.807, 2.05) is 30.3 Å². The number of alkyl halides is 3. The first-order valence-electron chi connectivity index (χ1n) is 11.3. The van der Waals surface area contributed by atoms with E-state index in [0.717, 1.165) is 5.56 Å². The van der Waals surface area contributed by atoms with Crippen molar-refractivity contribution in [2.75, 3.05) is 6.61 Å². The summed E-state index contributed by atoms with van der Waals surface area (Å²) in [6.45, 7) is 5.61. The molecule has 37 heavy (non-hydrogen) atoms. The van der Waals surface area contributed by atoms with Crippen LogP contribution in [0, 0.1) is 5.41 Å². The van der Waals surface area contributed by atoms with Gasteiger partial charge in [0.15, 0.2) is 6.10 Å². The van der Waals surface area contributed by atoms with Crippen LogP contribution in [0.3, 0.4) is 0 Å². The van der Waals surface area contributed by atoms with Crippen LogP contribution in [0.1, 0.15) is 18.1 Å². The monoisotopic (exact) mass is 591 g/mol. The Labute approximate surface area is 232 Å². The largest absolute Gasteiger partial charge is 0.445 e. The van der Waals surface area contributed by atoms with E-state index in [1.54, 1.807) is 37.3 Å². The summed E-state index contributed by atoms with van der Waals surface area (Å²) >= 11 is 17.4. The molecular weight excluding hydrogens is 565 g/mol. The van der Waals surface area contributed by atoms with Gasteiger partial charge in [-0.3, -0.25) is 9.59 Å². The molecule has 1 aliphatic rings. The average Bonchev–Trinajstić information content (AvgIpc) is 2.84. The summed E-state index contributed by atoms with van der Waals surface area (Å²) in [5.74, 6) is -1.19. The summed E-state index contributed by atoms with van der Waals surface area (Å²) < 4.78 is 53.1. The first-order chi connectivity index (χ1) is 17.5. The molecule has 0 spiro atoms. The van der Waals surface area contributed by atoms with E-state index in [1.165, 1.54) is 6.08 Å². The highest BCUT2D eigenvalue weighted by Crippen LogP contribution is 2.34. The molecule has 1 saturated heterocycles. The van der Waals surface area contributed by atoms with Crippen LogP contribution >= 0.6 is 34.8 Å². The maximum atomic E-state index is 13.1. The van der Waals surface area contributed by atoms with E-state index < -0.39 is 56.3 Å². The molecule has 12 heteroatoms. The predicted molar refractivity (Wildman–Crippen MR) is 142 cm³/mol. The van der Waals surface area contributed by atoms with Gasteiger partial charge < -0.3 is 18.9 Å². The SMILES string of the molecule is C=CCO[C@@H]1[C@H](OS(=O)(=O)Cc2ccccc2)[C@@H](OC(=N)C(Cl)(Cl)Cl)O[C@H](C)[C@H]1OCc1ccccc1. The molecular formula is C25H28Cl3NO7S. The zero-order valence-corrected chi connectivity index (χ0v) is 23.1. The van der Waals surface area contributed by atoms with Crippen LogP contribution in [0.25, 0.3) is 0 Å². The molecule has 0 saturated carbocycles. The van der Waals surface area contributed by atoms with Crippen molar-refractivity contribution in [3.63, 3.8) is 0 Å². The number of hydrogen-bond acceptors (Lipinski definition) is 8. The predicted octanol–water partition coefficient (Wildman–Crippen LogP) is 5.17. The summed E-state index contributed by atoms with van der Waals surface area (Å²) in [6.07, 6.45) is -3.83. The van der Waals surface area contributed by atoms with Crippen LogP contribution in [0.5, 0.6) is 0 Å². The smallest absolute Gasteiger partial charge is 0.272 e. The zero-order valence-electron chi connectivity index (χ0n) is 20.0. The van der Waals surface area contributed by atoms with Gasteiger partial charge in [-0.15, -0.1) is 6.58 Å². The van der Waals surface area contributed by atoms with Crippen molar-refractivity contribution in [3.8, 4) is 0 Å². The summed E-state index contributed by atoms with van der Waals surface area (Å²) in [7, 11) is -4.20. The van der Waals surface area contributed by atoms with Crippen molar-refractivity contribution in [1.82, 2.24) is 0 Å². The lowest BCUT2D eigenvalue weighted by molar-refractivity contribution is -0.283. The minimum absolute atomic E-state index is 0.0514. The van der Waals surface area contributed by atoms with E-state index in [4.69, 9.17) is 63.3 Å². The van der Waals surface area contributed by atoms with Gasteiger partial charge in [0.2, 0.25) is 12.2 Å². The third-order valence-corrected chi connectivity index (χ3v) is 7.07. The molecule has 0 amide bonds. The second kappa shape index (κ2) is 13.4. The lowest BCUT2D eigenvalue weighted by atomic mass is 9.99. The Kier molecular flexibility index (Phi) is 10.8. The Morgan fingerprint density at radius 2 is 1.59 bits per heavy atom. The molecule has 0 unspecified atom stereocenters. The molecule has 3 rings (SSSR count). The number of nitrogens with one attached hydrogen (secondary N) is 1. The van der Waals surface area contributed by atoms with Crippen LogP contribution in [0.2, 0.25) is 0 Å². The summed E-state index contributed by atoms with van der Waals surface area (Å²) in [5, 5.41) is 8.00. The molecule has 8 nitrogen and oxygen atoms in total. The van der Waals surface area contributed by atoms with Gasteiger partial charge in [0, 0.05) is 0 Å². The first kappa shape index (κ1) is 29.9. The van der Waals surface area contributed by atoms with Crippen molar-refractivity contribution < 1.29 is 31.5 Å². The topological polar surface area (TPSA) is 104 Å². The fourth-order valence-electron chi connectivity index (χ4n) is 3.70. The maximum Gasteiger partial charge on any atom is 0.272 e. The van der Waals surface area contributed by atoms with Gasteiger partial charge in [-0.1, -0.05) is 102 Å². The van der Waals surface area contributed by atoms with Gasteiger partial charge in [0.25, 0.3) is 13.9 Å². The van der Waals surface area contributed by atoms with Crippen LogP contribution < -0.4 is 0 Å².